The minimum absolute atomic E-state index is 0.0782. The maximum Gasteiger partial charge on any atom is 0.416 e. The molecule has 1 atom stereocenters. The third-order valence-corrected chi connectivity index (χ3v) is 3.42. The summed E-state index contributed by atoms with van der Waals surface area (Å²) in [5, 5.41) is 2.50. The number of alkyl halides is 3. The minimum atomic E-state index is -4.48. The Labute approximate surface area is 153 Å². The highest BCUT2D eigenvalue weighted by atomic mass is 35.5. The number of nitrogens with zero attached hydrogens (tertiary/aromatic N) is 1. The van der Waals surface area contributed by atoms with Gasteiger partial charge in [0.1, 0.15) is 18.1 Å². The molecule has 5 nitrogen and oxygen atoms in total. The van der Waals surface area contributed by atoms with Crippen molar-refractivity contribution >= 4 is 17.5 Å². The van der Waals surface area contributed by atoms with Crippen LogP contribution in [0.25, 0.3) is 0 Å². The molecule has 1 amide bonds. The molecule has 0 aliphatic carbocycles. The summed E-state index contributed by atoms with van der Waals surface area (Å²) in [6.07, 6.45) is -3.12. The molecule has 140 valence electrons. The van der Waals surface area contributed by atoms with Gasteiger partial charge in [-0.25, -0.2) is 4.98 Å². The Morgan fingerprint density at radius 2 is 2.04 bits per heavy atom. The Kier molecular flexibility index (Phi) is 6.31. The predicted molar refractivity (Wildman–Crippen MR) is 89.5 cm³/mol. The van der Waals surface area contributed by atoms with Crippen LogP contribution < -0.4 is 14.8 Å². The number of aromatic nitrogens is 1. The van der Waals surface area contributed by atoms with Crippen LogP contribution in [-0.4, -0.2) is 23.5 Å². The van der Waals surface area contributed by atoms with Crippen LogP contribution in [0.3, 0.4) is 0 Å². The zero-order valence-corrected chi connectivity index (χ0v) is 14.7. The monoisotopic (exact) mass is 388 g/mol. The van der Waals surface area contributed by atoms with Crippen molar-refractivity contribution in [1.82, 2.24) is 10.3 Å². The number of halogens is 4. The van der Waals surface area contributed by atoms with Gasteiger partial charge in [-0.3, -0.25) is 4.79 Å². The molecule has 0 aliphatic heterocycles. The van der Waals surface area contributed by atoms with Crippen molar-refractivity contribution in [1.29, 1.82) is 0 Å². The first-order chi connectivity index (χ1) is 12.1. The Bertz CT molecular complexity index is 767. The van der Waals surface area contributed by atoms with E-state index in [4.69, 9.17) is 21.1 Å². The van der Waals surface area contributed by atoms with Crippen molar-refractivity contribution in [3.8, 4) is 17.4 Å². The lowest BCUT2D eigenvalue weighted by Gasteiger charge is -2.13. The number of benzene rings is 1. The Balaban J connectivity index is 1.98. The summed E-state index contributed by atoms with van der Waals surface area (Å²) in [6.45, 7) is 3.43. The Morgan fingerprint density at radius 3 is 2.58 bits per heavy atom. The van der Waals surface area contributed by atoms with Gasteiger partial charge >= 0.3 is 6.18 Å². The van der Waals surface area contributed by atoms with Gasteiger partial charge in [0.2, 0.25) is 11.8 Å². The van der Waals surface area contributed by atoms with Crippen molar-refractivity contribution < 1.29 is 27.4 Å². The molecule has 1 aromatic heterocycles. The molecule has 1 unspecified atom stereocenters. The number of carbonyl (C=O) groups excluding carboxylic acids is 1. The highest BCUT2D eigenvalue weighted by Crippen LogP contribution is 2.36. The topological polar surface area (TPSA) is 60.5 Å². The number of hydrogen-bond acceptors (Lipinski definition) is 4. The molecule has 0 radical (unpaired) electrons. The molecule has 0 bridgehead atoms. The van der Waals surface area contributed by atoms with Crippen molar-refractivity contribution in [2.75, 3.05) is 6.61 Å². The van der Waals surface area contributed by atoms with E-state index in [1.807, 2.05) is 0 Å². The standard InChI is InChI=1S/C17H16ClF3N2O3/c1-10(23-11(2)24)9-25-16-6-4-13(8-22-16)26-15-5-3-12(7-14(15)18)17(19,20)21/h3-8,10H,9H2,1-2H3,(H,23,24). The van der Waals surface area contributed by atoms with Crippen LogP contribution in [0.1, 0.15) is 19.4 Å². The molecule has 1 aromatic carbocycles. The SMILES string of the molecule is CC(=O)NC(C)COc1ccc(Oc2ccc(C(F)(F)F)cc2Cl)cn1. The number of pyridine rings is 1. The van der Waals surface area contributed by atoms with Crippen LogP contribution >= 0.6 is 11.6 Å². The first kappa shape index (κ1) is 19.8. The zero-order chi connectivity index (χ0) is 19.3. The molecule has 0 spiro atoms. The second kappa shape index (κ2) is 8.27. The van der Waals surface area contributed by atoms with Gasteiger partial charge in [0, 0.05) is 13.0 Å². The molecule has 9 heteroatoms. The number of hydrogen-bond donors (Lipinski definition) is 1. The van der Waals surface area contributed by atoms with Crippen molar-refractivity contribution in [2.45, 2.75) is 26.1 Å². The summed E-state index contributed by atoms with van der Waals surface area (Å²) in [5.74, 6) is 0.516. The fraction of sp³-hybridized carbons (Fsp3) is 0.294. The molecular weight excluding hydrogens is 373 g/mol. The van der Waals surface area contributed by atoms with Gasteiger partial charge in [-0.05, 0) is 31.2 Å². The molecule has 1 N–H and O–H groups in total. The number of nitrogens with one attached hydrogen (secondary N) is 1. The normalized spacial score (nSPS) is 12.4. The smallest absolute Gasteiger partial charge is 0.416 e. The lowest BCUT2D eigenvalue weighted by molar-refractivity contribution is -0.137. The average Bonchev–Trinajstić information content (AvgIpc) is 2.54. The summed E-state index contributed by atoms with van der Waals surface area (Å²) >= 11 is 5.84. The van der Waals surface area contributed by atoms with Crippen LogP contribution in [0.15, 0.2) is 36.5 Å². The number of amides is 1. The number of rotatable bonds is 6. The van der Waals surface area contributed by atoms with Crippen LogP contribution in [0, 0.1) is 0 Å². The largest absolute Gasteiger partial charge is 0.475 e. The molecule has 2 rings (SSSR count). The Morgan fingerprint density at radius 1 is 1.31 bits per heavy atom. The molecule has 2 aromatic rings. The third-order valence-electron chi connectivity index (χ3n) is 3.13. The van der Waals surface area contributed by atoms with Crippen molar-refractivity contribution in [3.05, 3.63) is 47.1 Å². The van der Waals surface area contributed by atoms with E-state index in [0.29, 0.717) is 5.88 Å². The number of ether oxygens (including phenoxy) is 2. The zero-order valence-electron chi connectivity index (χ0n) is 13.9. The molecule has 1 heterocycles. The molecule has 0 saturated carbocycles. The third kappa shape index (κ3) is 5.80. The lowest BCUT2D eigenvalue weighted by Crippen LogP contribution is -2.35. The molecule has 26 heavy (non-hydrogen) atoms. The van der Waals surface area contributed by atoms with E-state index in [1.54, 1.807) is 13.0 Å². The van der Waals surface area contributed by atoms with Crippen LogP contribution in [-0.2, 0) is 11.0 Å². The highest BCUT2D eigenvalue weighted by Gasteiger charge is 2.31. The molecular formula is C17H16ClF3N2O3. The molecule has 0 fully saturated rings. The molecule has 0 saturated heterocycles. The van der Waals surface area contributed by atoms with Gasteiger partial charge in [-0.1, -0.05) is 11.6 Å². The fourth-order valence-electron chi connectivity index (χ4n) is 2.00. The van der Waals surface area contributed by atoms with Crippen molar-refractivity contribution in [3.63, 3.8) is 0 Å². The van der Waals surface area contributed by atoms with E-state index in [9.17, 15) is 18.0 Å². The van der Waals surface area contributed by atoms with Crippen LogP contribution in [0.4, 0.5) is 13.2 Å². The van der Waals surface area contributed by atoms with Crippen LogP contribution in [0.2, 0.25) is 5.02 Å². The first-order valence-corrected chi connectivity index (χ1v) is 7.93. The predicted octanol–water partition coefficient (Wildman–Crippen LogP) is 4.45. The van der Waals surface area contributed by atoms with Crippen LogP contribution in [0.5, 0.6) is 17.4 Å². The van der Waals surface area contributed by atoms with E-state index in [-0.39, 0.29) is 35.1 Å². The second-order valence-electron chi connectivity index (χ2n) is 5.49. The fourth-order valence-corrected chi connectivity index (χ4v) is 2.22. The van der Waals surface area contributed by atoms with Gasteiger partial charge in [0.25, 0.3) is 0 Å². The summed E-state index contributed by atoms with van der Waals surface area (Å²) in [5.41, 5.74) is -0.856. The molecule has 0 aliphatic rings. The summed E-state index contributed by atoms with van der Waals surface area (Å²) < 4.78 is 48.7. The van der Waals surface area contributed by atoms with Gasteiger partial charge in [0.05, 0.1) is 22.8 Å². The number of carbonyl (C=O) groups is 1. The summed E-state index contributed by atoms with van der Waals surface area (Å²) in [6, 6.07) is 5.72. The highest BCUT2D eigenvalue weighted by molar-refractivity contribution is 6.32. The van der Waals surface area contributed by atoms with Gasteiger partial charge in [-0.2, -0.15) is 13.2 Å². The quantitative estimate of drug-likeness (QED) is 0.794. The minimum Gasteiger partial charge on any atom is -0.475 e. The van der Waals surface area contributed by atoms with E-state index in [1.165, 1.54) is 19.2 Å². The maximum atomic E-state index is 12.6. The second-order valence-corrected chi connectivity index (χ2v) is 5.90. The van der Waals surface area contributed by atoms with Gasteiger partial charge in [-0.15, -0.1) is 0 Å². The van der Waals surface area contributed by atoms with Crippen molar-refractivity contribution in [2.24, 2.45) is 0 Å². The summed E-state index contributed by atoms with van der Waals surface area (Å²) in [4.78, 5) is 14.9. The van der Waals surface area contributed by atoms with Gasteiger partial charge in [0.15, 0.2) is 0 Å². The lowest BCUT2D eigenvalue weighted by atomic mass is 10.2. The van der Waals surface area contributed by atoms with E-state index in [0.717, 1.165) is 18.2 Å². The van der Waals surface area contributed by atoms with E-state index < -0.39 is 11.7 Å². The Hall–Kier alpha value is -2.48. The van der Waals surface area contributed by atoms with E-state index >= 15 is 0 Å². The first-order valence-electron chi connectivity index (χ1n) is 7.55. The van der Waals surface area contributed by atoms with E-state index in [2.05, 4.69) is 10.3 Å². The summed E-state index contributed by atoms with van der Waals surface area (Å²) in [7, 11) is 0. The van der Waals surface area contributed by atoms with Gasteiger partial charge < -0.3 is 14.8 Å². The average molecular weight is 389 g/mol. The maximum absolute atomic E-state index is 12.6.